The second-order valence-corrected chi connectivity index (χ2v) is 9.20. The molecule has 0 aromatic heterocycles. The molecule has 196 valence electrons. The standard InChI is InChI=1S/C27H22BrF6NO2/c28-23-14-18(15-36-24-7-3-1-5-21(24)26(29,30)31)20(17-9-11-35-12-10-17)13-19(23)16-37-25-8-4-2-6-22(25)27(32,33)34/h1-9,13-14,35H,10-12,15-16H2. The lowest BCUT2D eigenvalue weighted by molar-refractivity contribution is -0.139. The van der Waals surface area contributed by atoms with E-state index in [2.05, 4.69) is 21.2 Å². The van der Waals surface area contributed by atoms with Crippen molar-refractivity contribution in [1.82, 2.24) is 5.32 Å². The summed E-state index contributed by atoms with van der Waals surface area (Å²) in [5.74, 6) is -0.576. The topological polar surface area (TPSA) is 30.5 Å². The van der Waals surface area contributed by atoms with Crippen LogP contribution in [0.5, 0.6) is 11.5 Å². The average molecular weight is 586 g/mol. The first-order chi connectivity index (χ1) is 17.5. The highest BCUT2D eigenvalue weighted by molar-refractivity contribution is 9.10. The van der Waals surface area contributed by atoms with Gasteiger partial charge in [-0.3, -0.25) is 0 Å². The van der Waals surface area contributed by atoms with Gasteiger partial charge in [-0.05, 0) is 66.1 Å². The summed E-state index contributed by atoms with van der Waals surface area (Å²) >= 11 is 3.44. The van der Waals surface area contributed by atoms with Crippen molar-refractivity contribution in [2.24, 2.45) is 0 Å². The van der Waals surface area contributed by atoms with Crippen LogP contribution in [-0.2, 0) is 25.6 Å². The first-order valence-electron chi connectivity index (χ1n) is 11.3. The lowest BCUT2D eigenvalue weighted by Crippen LogP contribution is -2.20. The molecule has 1 heterocycles. The van der Waals surface area contributed by atoms with E-state index < -0.39 is 23.5 Å². The van der Waals surface area contributed by atoms with Crippen LogP contribution < -0.4 is 14.8 Å². The summed E-state index contributed by atoms with van der Waals surface area (Å²) in [6, 6.07) is 13.4. The normalized spacial score (nSPS) is 14.3. The molecule has 3 nitrogen and oxygen atoms in total. The lowest BCUT2D eigenvalue weighted by Gasteiger charge is -2.21. The van der Waals surface area contributed by atoms with E-state index in [0.29, 0.717) is 35.1 Å². The van der Waals surface area contributed by atoms with Crippen LogP contribution in [0.25, 0.3) is 5.57 Å². The molecule has 1 aliphatic heterocycles. The Morgan fingerprint density at radius 2 is 1.30 bits per heavy atom. The Labute approximate surface area is 218 Å². The van der Waals surface area contributed by atoms with E-state index in [1.165, 1.54) is 36.4 Å². The lowest BCUT2D eigenvalue weighted by atomic mass is 9.94. The van der Waals surface area contributed by atoms with E-state index in [9.17, 15) is 26.3 Å². The maximum Gasteiger partial charge on any atom is 0.419 e. The molecule has 0 aliphatic carbocycles. The van der Waals surface area contributed by atoms with E-state index in [1.54, 1.807) is 12.1 Å². The quantitative estimate of drug-likeness (QED) is 0.285. The van der Waals surface area contributed by atoms with Gasteiger partial charge in [0.15, 0.2) is 0 Å². The molecule has 0 fully saturated rings. The Hall–Kier alpha value is -2.98. The highest BCUT2D eigenvalue weighted by atomic mass is 79.9. The SMILES string of the molecule is FC(F)(F)c1ccccc1OCc1cc(C2=CCNCC2)c(COc2ccccc2C(F)(F)F)cc1Br. The molecule has 0 amide bonds. The van der Waals surface area contributed by atoms with E-state index in [0.717, 1.165) is 23.3 Å². The van der Waals surface area contributed by atoms with Crippen LogP contribution >= 0.6 is 15.9 Å². The predicted octanol–water partition coefficient (Wildman–Crippen LogP) is 8.02. The number of rotatable bonds is 7. The molecule has 3 aromatic rings. The zero-order chi connectivity index (χ0) is 26.6. The van der Waals surface area contributed by atoms with Gasteiger partial charge in [0, 0.05) is 16.6 Å². The molecule has 0 unspecified atom stereocenters. The summed E-state index contributed by atoms with van der Waals surface area (Å²) in [6.45, 7) is 1.05. The van der Waals surface area contributed by atoms with E-state index in [1.807, 2.05) is 6.08 Å². The van der Waals surface area contributed by atoms with Crippen LogP contribution in [0.4, 0.5) is 26.3 Å². The largest absolute Gasteiger partial charge is 0.488 e. The third kappa shape index (κ3) is 6.67. The Morgan fingerprint density at radius 1 is 0.757 bits per heavy atom. The van der Waals surface area contributed by atoms with E-state index in [4.69, 9.17) is 9.47 Å². The molecule has 1 aliphatic rings. The molecule has 0 saturated carbocycles. The number of nitrogens with one attached hydrogen (secondary N) is 1. The van der Waals surface area contributed by atoms with Gasteiger partial charge in [-0.25, -0.2) is 0 Å². The smallest absolute Gasteiger partial charge is 0.419 e. The Balaban J connectivity index is 1.63. The number of benzene rings is 3. The second-order valence-electron chi connectivity index (χ2n) is 8.35. The monoisotopic (exact) mass is 585 g/mol. The fraction of sp³-hybridized carbons (Fsp3) is 0.259. The number of halogens is 7. The molecule has 0 saturated heterocycles. The Bertz CT molecular complexity index is 1290. The number of hydrogen-bond donors (Lipinski definition) is 1. The Kier molecular flexibility index (Phi) is 8.18. The molecular weight excluding hydrogens is 564 g/mol. The van der Waals surface area contributed by atoms with Gasteiger partial charge < -0.3 is 14.8 Å². The number of alkyl halides is 6. The van der Waals surface area contributed by atoms with Crippen molar-refractivity contribution >= 4 is 21.5 Å². The first-order valence-corrected chi connectivity index (χ1v) is 12.1. The van der Waals surface area contributed by atoms with E-state index in [-0.39, 0.29) is 24.7 Å². The van der Waals surface area contributed by atoms with Crippen LogP contribution in [0.1, 0.15) is 34.2 Å². The summed E-state index contributed by atoms with van der Waals surface area (Å²) in [5.41, 5.74) is 1.19. The molecule has 10 heteroatoms. The fourth-order valence-electron chi connectivity index (χ4n) is 4.02. The summed E-state index contributed by atoms with van der Waals surface area (Å²) in [5, 5.41) is 3.21. The summed E-state index contributed by atoms with van der Waals surface area (Å²) in [7, 11) is 0. The third-order valence-corrected chi connectivity index (χ3v) is 6.57. The van der Waals surface area contributed by atoms with Gasteiger partial charge >= 0.3 is 12.4 Å². The van der Waals surface area contributed by atoms with Gasteiger partial charge in [0.1, 0.15) is 24.7 Å². The van der Waals surface area contributed by atoms with E-state index >= 15 is 0 Å². The molecule has 0 atom stereocenters. The summed E-state index contributed by atoms with van der Waals surface area (Å²) in [4.78, 5) is 0. The minimum Gasteiger partial charge on any atom is -0.488 e. The summed E-state index contributed by atoms with van der Waals surface area (Å²) < 4.78 is 92.0. The van der Waals surface area contributed by atoms with Crippen LogP contribution in [0.15, 0.2) is 71.2 Å². The van der Waals surface area contributed by atoms with Gasteiger partial charge in [0.05, 0.1) is 11.1 Å². The highest BCUT2D eigenvalue weighted by Gasteiger charge is 2.35. The van der Waals surface area contributed by atoms with Crippen LogP contribution in [0, 0.1) is 0 Å². The van der Waals surface area contributed by atoms with Crippen LogP contribution in [-0.4, -0.2) is 13.1 Å². The molecule has 0 spiro atoms. The van der Waals surface area contributed by atoms with Crippen LogP contribution in [0.3, 0.4) is 0 Å². The minimum absolute atomic E-state index is 0.135. The molecule has 1 N–H and O–H groups in total. The molecule has 4 rings (SSSR count). The van der Waals surface area contributed by atoms with Gasteiger partial charge in [0.25, 0.3) is 0 Å². The molecule has 0 bridgehead atoms. The Morgan fingerprint density at radius 3 is 1.81 bits per heavy atom. The zero-order valence-corrected chi connectivity index (χ0v) is 20.9. The second kappa shape index (κ2) is 11.2. The molecule has 0 radical (unpaired) electrons. The maximum absolute atomic E-state index is 13.4. The first kappa shape index (κ1) is 27.1. The maximum atomic E-state index is 13.4. The third-order valence-electron chi connectivity index (χ3n) is 5.83. The molecule has 37 heavy (non-hydrogen) atoms. The van der Waals surface area contributed by atoms with Crippen molar-refractivity contribution < 1.29 is 35.8 Å². The van der Waals surface area contributed by atoms with Gasteiger partial charge in [-0.1, -0.05) is 46.3 Å². The number of ether oxygens (including phenoxy) is 2. The zero-order valence-electron chi connectivity index (χ0n) is 19.3. The van der Waals surface area contributed by atoms with Gasteiger partial charge in [-0.15, -0.1) is 0 Å². The molecular formula is C27H22BrF6NO2. The van der Waals surface area contributed by atoms with Crippen molar-refractivity contribution in [2.45, 2.75) is 32.0 Å². The van der Waals surface area contributed by atoms with Crippen molar-refractivity contribution in [3.8, 4) is 11.5 Å². The number of hydrogen-bond acceptors (Lipinski definition) is 3. The van der Waals surface area contributed by atoms with Gasteiger partial charge in [0.2, 0.25) is 0 Å². The fourth-order valence-corrected chi connectivity index (χ4v) is 4.53. The average Bonchev–Trinajstić information content (AvgIpc) is 2.86. The van der Waals surface area contributed by atoms with Gasteiger partial charge in [-0.2, -0.15) is 26.3 Å². The summed E-state index contributed by atoms with van der Waals surface area (Å²) in [6.07, 6.45) is -6.48. The van der Waals surface area contributed by atoms with Crippen molar-refractivity contribution in [2.75, 3.05) is 13.1 Å². The predicted molar refractivity (Wildman–Crippen MR) is 131 cm³/mol. The van der Waals surface area contributed by atoms with Crippen molar-refractivity contribution in [3.63, 3.8) is 0 Å². The number of para-hydroxylation sites is 2. The van der Waals surface area contributed by atoms with Crippen LogP contribution in [0.2, 0.25) is 0 Å². The molecule has 3 aromatic carbocycles. The van der Waals surface area contributed by atoms with Crippen molar-refractivity contribution in [1.29, 1.82) is 0 Å². The highest BCUT2D eigenvalue weighted by Crippen LogP contribution is 2.38. The minimum atomic E-state index is -4.56. The van der Waals surface area contributed by atoms with Crippen molar-refractivity contribution in [3.05, 3.63) is 99.0 Å².